The Morgan fingerprint density at radius 3 is 2.67 bits per heavy atom. The zero-order chi connectivity index (χ0) is 21.3. The number of nitrogens with one attached hydrogen (secondary N) is 1. The first-order valence-electron chi connectivity index (χ1n) is 9.30. The molecule has 2 aromatic carbocycles. The van der Waals surface area contributed by atoms with Crippen molar-refractivity contribution < 1.29 is 14.3 Å². The molecule has 0 aliphatic heterocycles. The number of esters is 1. The first kappa shape index (κ1) is 20.1. The largest absolute Gasteiger partial charge is 0.462 e. The lowest BCUT2D eigenvalue weighted by molar-refractivity contribution is 0.0526. The molecule has 0 atom stereocenters. The highest BCUT2D eigenvalue weighted by Gasteiger charge is 2.18. The molecule has 0 aliphatic rings. The molecule has 2 heterocycles. The molecule has 2 aromatic heterocycles. The molecule has 8 heteroatoms. The van der Waals surface area contributed by atoms with E-state index in [1.807, 2.05) is 29.8 Å². The van der Waals surface area contributed by atoms with Crippen LogP contribution in [0.3, 0.4) is 0 Å². The second-order valence-corrected chi connectivity index (χ2v) is 8.03. The molecule has 4 rings (SSSR count). The Hall–Kier alpha value is -3.16. The van der Waals surface area contributed by atoms with Crippen LogP contribution in [0.25, 0.3) is 15.9 Å². The van der Waals surface area contributed by atoms with E-state index in [1.165, 1.54) is 11.3 Å². The second-order valence-electron chi connectivity index (χ2n) is 6.56. The van der Waals surface area contributed by atoms with E-state index in [2.05, 4.69) is 10.4 Å². The number of hydrogen-bond acceptors (Lipinski definition) is 5. The lowest BCUT2D eigenvalue weighted by Gasteiger charge is -2.06. The van der Waals surface area contributed by atoms with Gasteiger partial charge in [0.05, 0.1) is 28.4 Å². The smallest absolute Gasteiger partial charge is 0.338 e. The Morgan fingerprint density at radius 1 is 1.17 bits per heavy atom. The van der Waals surface area contributed by atoms with Crippen molar-refractivity contribution in [2.75, 3.05) is 11.9 Å². The summed E-state index contributed by atoms with van der Waals surface area (Å²) in [7, 11) is 0. The number of fused-ring (bicyclic) bond motifs is 1. The van der Waals surface area contributed by atoms with Gasteiger partial charge in [-0.3, -0.25) is 4.79 Å². The molecule has 152 valence electrons. The van der Waals surface area contributed by atoms with Crippen molar-refractivity contribution in [1.82, 2.24) is 9.78 Å². The molecule has 1 amide bonds. The van der Waals surface area contributed by atoms with Crippen molar-refractivity contribution in [3.8, 4) is 5.69 Å². The highest BCUT2D eigenvalue weighted by atomic mass is 35.5. The Kier molecular flexibility index (Phi) is 5.57. The minimum atomic E-state index is -0.422. The number of rotatable bonds is 5. The molecule has 0 bridgehead atoms. The van der Waals surface area contributed by atoms with Crippen LogP contribution in [0.1, 0.15) is 32.6 Å². The van der Waals surface area contributed by atoms with Gasteiger partial charge in [0.1, 0.15) is 4.83 Å². The van der Waals surface area contributed by atoms with Gasteiger partial charge in [-0.15, -0.1) is 11.3 Å². The SMILES string of the molecule is CCOC(=O)c1cccc(NC(=O)c2cc3c(C)nn(-c4ccc(Cl)cc4)c3s2)c1. The maximum Gasteiger partial charge on any atom is 0.338 e. The van der Waals surface area contributed by atoms with Gasteiger partial charge in [-0.1, -0.05) is 17.7 Å². The number of benzene rings is 2. The van der Waals surface area contributed by atoms with Gasteiger partial charge in [-0.25, -0.2) is 9.48 Å². The average Bonchev–Trinajstić information content (AvgIpc) is 3.30. The van der Waals surface area contributed by atoms with Crippen molar-refractivity contribution >= 4 is 50.7 Å². The number of carbonyl (C=O) groups is 2. The Labute approximate surface area is 182 Å². The number of nitrogens with zero attached hydrogens (tertiary/aromatic N) is 2. The molecule has 4 aromatic rings. The van der Waals surface area contributed by atoms with E-state index >= 15 is 0 Å². The van der Waals surface area contributed by atoms with E-state index in [1.54, 1.807) is 43.3 Å². The molecular weight excluding hydrogens is 422 g/mol. The molecule has 30 heavy (non-hydrogen) atoms. The number of anilines is 1. The topological polar surface area (TPSA) is 73.2 Å². The molecule has 0 fully saturated rings. The van der Waals surface area contributed by atoms with Gasteiger partial charge in [-0.05, 0) is 62.4 Å². The van der Waals surface area contributed by atoms with Crippen LogP contribution in [0, 0.1) is 6.92 Å². The van der Waals surface area contributed by atoms with E-state index in [9.17, 15) is 9.59 Å². The number of aryl methyl sites for hydroxylation is 1. The highest BCUT2D eigenvalue weighted by Crippen LogP contribution is 2.31. The Bertz CT molecular complexity index is 1240. The molecule has 0 unspecified atom stereocenters. The van der Waals surface area contributed by atoms with E-state index in [0.717, 1.165) is 21.6 Å². The first-order valence-corrected chi connectivity index (χ1v) is 10.5. The standard InChI is InChI=1S/C22H18ClN3O3S/c1-3-29-22(28)14-5-4-6-16(11-14)24-20(27)19-12-18-13(2)25-26(21(18)30-19)17-9-7-15(23)8-10-17/h4-12H,3H2,1-2H3,(H,24,27). The maximum atomic E-state index is 12.8. The summed E-state index contributed by atoms with van der Waals surface area (Å²) in [6.07, 6.45) is 0. The minimum absolute atomic E-state index is 0.251. The lowest BCUT2D eigenvalue weighted by Crippen LogP contribution is -2.11. The fraction of sp³-hybridized carbons (Fsp3) is 0.136. The molecular formula is C22H18ClN3O3S. The number of thiophene rings is 1. The molecule has 0 saturated carbocycles. The predicted molar refractivity (Wildman–Crippen MR) is 119 cm³/mol. The van der Waals surface area contributed by atoms with Gasteiger partial charge in [0.2, 0.25) is 0 Å². The summed E-state index contributed by atoms with van der Waals surface area (Å²) in [6.45, 7) is 3.95. The van der Waals surface area contributed by atoms with Crippen LogP contribution >= 0.6 is 22.9 Å². The van der Waals surface area contributed by atoms with E-state index in [4.69, 9.17) is 16.3 Å². The third-order valence-electron chi connectivity index (χ3n) is 4.47. The number of halogens is 1. The number of hydrogen-bond donors (Lipinski definition) is 1. The normalized spacial score (nSPS) is 10.9. The van der Waals surface area contributed by atoms with Crippen molar-refractivity contribution in [2.24, 2.45) is 0 Å². The fourth-order valence-electron chi connectivity index (χ4n) is 3.05. The Balaban J connectivity index is 1.62. The molecule has 1 N–H and O–H groups in total. The first-order chi connectivity index (χ1) is 14.5. The van der Waals surface area contributed by atoms with Crippen LogP contribution in [0.5, 0.6) is 0 Å². The van der Waals surface area contributed by atoms with Gasteiger partial charge in [0, 0.05) is 16.1 Å². The van der Waals surface area contributed by atoms with Gasteiger partial charge in [0.15, 0.2) is 0 Å². The summed E-state index contributed by atoms with van der Waals surface area (Å²) in [6, 6.07) is 15.9. The molecule has 6 nitrogen and oxygen atoms in total. The van der Waals surface area contributed by atoms with Crippen LogP contribution in [0.2, 0.25) is 5.02 Å². The third kappa shape index (κ3) is 3.94. The Morgan fingerprint density at radius 2 is 1.93 bits per heavy atom. The minimum Gasteiger partial charge on any atom is -0.462 e. The monoisotopic (exact) mass is 439 g/mol. The highest BCUT2D eigenvalue weighted by molar-refractivity contribution is 7.20. The fourth-order valence-corrected chi connectivity index (χ4v) is 4.25. The maximum absolute atomic E-state index is 12.8. The average molecular weight is 440 g/mol. The van der Waals surface area contributed by atoms with Crippen molar-refractivity contribution in [1.29, 1.82) is 0 Å². The number of carbonyl (C=O) groups excluding carboxylic acids is 2. The van der Waals surface area contributed by atoms with Crippen LogP contribution < -0.4 is 5.32 Å². The van der Waals surface area contributed by atoms with Gasteiger partial charge < -0.3 is 10.1 Å². The van der Waals surface area contributed by atoms with Gasteiger partial charge >= 0.3 is 5.97 Å². The quantitative estimate of drug-likeness (QED) is 0.418. The summed E-state index contributed by atoms with van der Waals surface area (Å²) in [5, 5.41) is 9.00. The van der Waals surface area contributed by atoms with Crippen molar-refractivity contribution in [3.05, 3.63) is 75.8 Å². The van der Waals surface area contributed by atoms with E-state index in [-0.39, 0.29) is 5.91 Å². The van der Waals surface area contributed by atoms with Crippen LogP contribution in [0.15, 0.2) is 54.6 Å². The third-order valence-corrected chi connectivity index (χ3v) is 5.83. The van der Waals surface area contributed by atoms with E-state index < -0.39 is 5.97 Å². The summed E-state index contributed by atoms with van der Waals surface area (Å²) in [5.41, 5.74) is 2.62. The van der Waals surface area contributed by atoms with E-state index in [0.29, 0.717) is 27.8 Å². The van der Waals surface area contributed by atoms with Crippen LogP contribution in [-0.2, 0) is 4.74 Å². The summed E-state index contributed by atoms with van der Waals surface area (Å²) < 4.78 is 6.82. The second kappa shape index (κ2) is 8.30. The zero-order valence-corrected chi connectivity index (χ0v) is 17.9. The predicted octanol–water partition coefficient (Wildman–Crippen LogP) is 5.48. The van der Waals surface area contributed by atoms with Gasteiger partial charge in [-0.2, -0.15) is 5.10 Å². The molecule has 0 radical (unpaired) electrons. The number of aromatic nitrogens is 2. The van der Waals surface area contributed by atoms with Crippen LogP contribution in [-0.4, -0.2) is 28.3 Å². The van der Waals surface area contributed by atoms with Crippen molar-refractivity contribution in [3.63, 3.8) is 0 Å². The molecule has 0 saturated heterocycles. The summed E-state index contributed by atoms with van der Waals surface area (Å²) in [5.74, 6) is -0.673. The summed E-state index contributed by atoms with van der Waals surface area (Å²) in [4.78, 5) is 26.2. The molecule has 0 aliphatic carbocycles. The van der Waals surface area contributed by atoms with Crippen molar-refractivity contribution in [2.45, 2.75) is 13.8 Å². The van der Waals surface area contributed by atoms with Crippen LogP contribution in [0.4, 0.5) is 5.69 Å². The van der Waals surface area contributed by atoms with Gasteiger partial charge in [0.25, 0.3) is 5.91 Å². The lowest BCUT2D eigenvalue weighted by atomic mass is 10.2. The summed E-state index contributed by atoms with van der Waals surface area (Å²) >= 11 is 7.34. The number of amides is 1. The molecule has 0 spiro atoms. The zero-order valence-electron chi connectivity index (χ0n) is 16.3. The number of ether oxygens (including phenoxy) is 1.